The Balaban J connectivity index is 2.29. The fourth-order valence-electron chi connectivity index (χ4n) is 1.81. The number of nitrogens with zero attached hydrogens (tertiary/aromatic N) is 1. The highest BCUT2D eigenvalue weighted by atomic mass is 16.1. The third-order valence-electron chi connectivity index (χ3n) is 2.63. The molecule has 1 amide bonds. The second-order valence-corrected chi connectivity index (χ2v) is 3.90. The fraction of sp³-hybridized carbons (Fsp3) is 0.0667. The summed E-state index contributed by atoms with van der Waals surface area (Å²) in [6, 6.07) is 12.0. The summed E-state index contributed by atoms with van der Waals surface area (Å²) in [5.74, 6) is -0.420. The molecule has 2 rings (SSSR count). The first-order valence-electron chi connectivity index (χ1n) is 5.71. The first-order chi connectivity index (χ1) is 8.77. The van der Waals surface area contributed by atoms with Gasteiger partial charge in [0.15, 0.2) is 0 Å². The monoisotopic (exact) mass is 238 g/mol. The molecule has 2 N–H and O–H groups in total. The van der Waals surface area contributed by atoms with Crippen LogP contribution >= 0.6 is 0 Å². The normalized spacial score (nSPS) is 10.7. The number of hydrogen-bond acceptors (Lipinski definition) is 2. The van der Waals surface area contributed by atoms with Crippen LogP contribution in [0.1, 0.15) is 5.56 Å². The largest absolute Gasteiger partial charge is 0.366 e. The molecule has 3 heteroatoms. The van der Waals surface area contributed by atoms with Gasteiger partial charge >= 0.3 is 0 Å². The van der Waals surface area contributed by atoms with Gasteiger partial charge < -0.3 is 5.73 Å². The van der Waals surface area contributed by atoms with Crippen molar-refractivity contribution in [3.63, 3.8) is 0 Å². The third kappa shape index (κ3) is 3.04. The van der Waals surface area contributed by atoms with Gasteiger partial charge in [-0.1, -0.05) is 30.3 Å². The maximum absolute atomic E-state index is 10.7. The first-order valence-corrected chi connectivity index (χ1v) is 5.71. The minimum atomic E-state index is -0.420. The molecule has 0 bridgehead atoms. The predicted molar refractivity (Wildman–Crippen MR) is 71.7 cm³/mol. The van der Waals surface area contributed by atoms with Crippen molar-refractivity contribution in [2.45, 2.75) is 6.42 Å². The Morgan fingerprint density at radius 2 is 1.89 bits per heavy atom. The first kappa shape index (κ1) is 12.0. The zero-order valence-electron chi connectivity index (χ0n) is 9.91. The number of rotatable bonds is 4. The van der Waals surface area contributed by atoms with Crippen LogP contribution in [0.5, 0.6) is 0 Å². The lowest BCUT2D eigenvalue weighted by Gasteiger charge is -2.07. The summed E-state index contributed by atoms with van der Waals surface area (Å²) >= 11 is 0. The van der Waals surface area contributed by atoms with E-state index in [2.05, 4.69) is 11.1 Å². The lowest BCUT2D eigenvalue weighted by Crippen LogP contribution is -2.05. The van der Waals surface area contributed by atoms with Crippen LogP contribution in [0, 0.1) is 0 Å². The number of pyridine rings is 1. The molecule has 1 aromatic carbocycles. The Morgan fingerprint density at radius 1 is 1.17 bits per heavy atom. The number of carbonyl (C=O) groups excluding carboxylic acids is 1. The number of allylic oxidation sites excluding steroid dienone is 1. The van der Waals surface area contributed by atoms with Gasteiger partial charge in [-0.25, -0.2) is 0 Å². The fourth-order valence-corrected chi connectivity index (χ4v) is 1.81. The van der Waals surface area contributed by atoms with E-state index in [-0.39, 0.29) is 0 Å². The van der Waals surface area contributed by atoms with Crippen molar-refractivity contribution in [3.8, 4) is 11.1 Å². The molecule has 3 nitrogen and oxygen atoms in total. The van der Waals surface area contributed by atoms with Crippen molar-refractivity contribution >= 4 is 5.91 Å². The molecule has 0 radical (unpaired) electrons. The Kier molecular flexibility index (Phi) is 3.86. The minimum absolute atomic E-state index is 0.420. The van der Waals surface area contributed by atoms with Crippen molar-refractivity contribution in [2.75, 3.05) is 0 Å². The second kappa shape index (κ2) is 5.77. The van der Waals surface area contributed by atoms with Gasteiger partial charge in [0.25, 0.3) is 0 Å². The van der Waals surface area contributed by atoms with Gasteiger partial charge in [0.1, 0.15) is 0 Å². The van der Waals surface area contributed by atoms with Crippen molar-refractivity contribution < 1.29 is 4.79 Å². The van der Waals surface area contributed by atoms with E-state index in [1.807, 2.05) is 30.3 Å². The molecule has 2 aromatic rings. The molecule has 0 atom stereocenters. The van der Waals surface area contributed by atoms with Crippen LogP contribution in [-0.2, 0) is 11.2 Å². The van der Waals surface area contributed by atoms with E-state index in [9.17, 15) is 4.79 Å². The molecule has 1 aromatic heterocycles. The predicted octanol–water partition coefficient (Wildman–Crippen LogP) is 2.33. The van der Waals surface area contributed by atoms with Gasteiger partial charge in [0.05, 0.1) is 0 Å². The average Bonchev–Trinajstić information content (AvgIpc) is 2.40. The van der Waals surface area contributed by atoms with E-state index < -0.39 is 5.91 Å². The number of benzene rings is 1. The van der Waals surface area contributed by atoms with E-state index in [1.165, 1.54) is 6.08 Å². The lowest BCUT2D eigenvalue weighted by atomic mass is 9.98. The standard InChI is InChI=1S/C15H14N2O/c16-15(18)7-3-5-12-4-1-2-6-14(12)13-8-10-17-11-9-13/h1-4,6-11H,5H2,(H2,16,18)/b7-3+. The van der Waals surface area contributed by atoms with Crippen molar-refractivity contribution in [2.24, 2.45) is 5.73 Å². The molecule has 1 heterocycles. The van der Waals surface area contributed by atoms with E-state index >= 15 is 0 Å². The van der Waals surface area contributed by atoms with Crippen molar-refractivity contribution in [1.29, 1.82) is 0 Å². The van der Waals surface area contributed by atoms with Gasteiger partial charge in [-0.05, 0) is 41.3 Å². The Hall–Kier alpha value is -2.42. The average molecular weight is 238 g/mol. The molecule has 18 heavy (non-hydrogen) atoms. The van der Waals surface area contributed by atoms with Gasteiger partial charge in [0, 0.05) is 12.4 Å². The molecule has 0 saturated carbocycles. The number of aromatic nitrogens is 1. The third-order valence-corrected chi connectivity index (χ3v) is 2.63. The Bertz CT molecular complexity index is 562. The van der Waals surface area contributed by atoms with Crippen LogP contribution in [0.15, 0.2) is 60.9 Å². The summed E-state index contributed by atoms with van der Waals surface area (Å²) in [4.78, 5) is 14.7. The maximum Gasteiger partial charge on any atom is 0.241 e. The summed E-state index contributed by atoms with van der Waals surface area (Å²) in [5, 5.41) is 0. The number of carbonyl (C=O) groups is 1. The van der Waals surface area contributed by atoms with Crippen LogP contribution in [0.4, 0.5) is 0 Å². The van der Waals surface area contributed by atoms with Crippen LogP contribution in [0.25, 0.3) is 11.1 Å². The van der Waals surface area contributed by atoms with Crippen LogP contribution < -0.4 is 5.73 Å². The van der Waals surface area contributed by atoms with Gasteiger partial charge in [-0.3, -0.25) is 9.78 Å². The Labute approximate surface area is 106 Å². The summed E-state index contributed by atoms with van der Waals surface area (Å²) < 4.78 is 0. The molecule has 0 aliphatic heterocycles. The molecule has 90 valence electrons. The molecule has 0 unspecified atom stereocenters. The summed E-state index contributed by atoms with van der Waals surface area (Å²) in [7, 11) is 0. The number of hydrogen-bond donors (Lipinski definition) is 1. The molecular weight excluding hydrogens is 224 g/mol. The van der Waals surface area contributed by atoms with Crippen molar-refractivity contribution in [3.05, 3.63) is 66.5 Å². The van der Waals surface area contributed by atoms with Crippen LogP contribution in [0.2, 0.25) is 0 Å². The lowest BCUT2D eigenvalue weighted by molar-refractivity contribution is -0.113. The number of amides is 1. The molecule has 0 aliphatic carbocycles. The van der Waals surface area contributed by atoms with E-state index in [4.69, 9.17) is 5.73 Å². The molecular formula is C15H14N2O. The Morgan fingerprint density at radius 3 is 2.61 bits per heavy atom. The number of nitrogens with two attached hydrogens (primary N) is 1. The van der Waals surface area contributed by atoms with Gasteiger partial charge in [-0.15, -0.1) is 0 Å². The van der Waals surface area contributed by atoms with E-state index in [0.717, 1.165) is 16.7 Å². The van der Waals surface area contributed by atoms with Crippen molar-refractivity contribution in [1.82, 2.24) is 4.98 Å². The van der Waals surface area contributed by atoms with Gasteiger partial charge in [0.2, 0.25) is 5.91 Å². The van der Waals surface area contributed by atoms with E-state index in [1.54, 1.807) is 18.5 Å². The quantitative estimate of drug-likeness (QED) is 0.831. The highest BCUT2D eigenvalue weighted by molar-refractivity contribution is 5.85. The zero-order valence-corrected chi connectivity index (χ0v) is 9.91. The van der Waals surface area contributed by atoms with Crippen LogP contribution in [0.3, 0.4) is 0 Å². The van der Waals surface area contributed by atoms with Gasteiger partial charge in [-0.2, -0.15) is 0 Å². The molecule has 0 fully saturated rings. The zero-order chi connectivity index (χ0) is 12.8. The van der Waals surface area contributed by atoms with Crippen LogP contribution in [-0.4, -0.2) is 10.9 Å². The number of primary amides is 1. The maximum atomic E-state index is 10.7. The summed E-state index contributed by atoms with van der Waals surface area (Å²) in [5.41, 5.74) is 8.49. The SMILES string of the molecule is NC(=O)/C=C/Cc1ccccc1-c1ccncc1. The molecule has 0 aliphatic rings. The summed E-state index contributed by atoms with van der Waals surface area (Å²) in [6.45, 7) is 0. The smallest absolute Gasteiger partial charge is 0.241 e. The van der Waals surface area contributed by atoms with E-state index in [0.29, 0.717) is 6.42 Å². The highest BCUT2D eigenvalue weighted by Gasteiger charge is 2.02. The summed E-state index contributed by atoms with van der Waals surface area (Å²) in [6.07, 6.45) is 7.39. The molecule has 0 spiro atoms. The molecule has 0 saturated heterocycles. The second-order valence-electron chi connectivity index (χ2n) is 3.90. The topological polar surface area (TPSA) is 56.0 Å². The minimum Gasteiger partial charge on any atom is -0.366 e. The highest BCUT2D eigenvalue weighted by Crippen LogP contribution is 2.23.